The number of fused-ring (bicyclic) bond motifs is 1. The molecular formula is C28H35Cl2N5O5. The molecule has 0 bridgehead atoms. The average Bonchev–Trinajstić information content (AvgIpc) is 3.46. The molecule has 0 unspecified atom stereocenters. The van der Waals surface area contributed by atoms with Crippen molar-refractivity contribution in [2.24, 2.45) is 5.73 Å². The molecule has 0 saturated heterocycles. The van der Waals surface area contributed by atoms with Gasteiger partial charge in [-0.1, -0.05) is 54.6 Å². The second-order valence-corrected chi connectivity index (χ2v) is 9.94. The Morgan fingerprint density at radius 2 is 1.77 bits per heavy atom. The van der Waals surface area contributed by atoms with Gasteiger partial charge >= 0.3 is 5.97 Å². The minimum atomic E-state index is -1.18. The van der Waals surface area contributed by atoms with Crippen LogP contribution in [0, 0.1) is 0 Å². The smallest absolute Gasteiger partial charge is 0.302 e. The van der Waals surface area contributed by atoms with E-state index in [0.29, 0.717) is 6.42 Å². The van der Waals surface area contributed by atoms with Gasteiger partial charge in [-0.15, -0.1) is 24.8 Å². The number of esters is 1. The van der Waals surface area contributed by atoms with Gasteiger partial charge < -0.3 is 30.4 Å². The van der Waals surface area contributed by atoms with Gasteiger partial charge in [0.1, 0.15) is 12.1 Å². The van der Waals surface area contributed by atoms with Gasteiger partial charge in [0.05, 0.1) is 31.1 Å². The normalized spacial score (nSPS) is 16.5. The molecule has 4 N–H and O–H groups in total. The van der Waals surface area contributed by atoms with Gasteiger partial charge in [-0.3, -0.25) is 14.4 Å². The SMILES string of the molecule is CC(=O)O[C@H]1Cc2ccccc2[C@@H]1n1cnc(NC(=O)[C@@H](COCc2ccccc2)NC(=O)C(C)(C)N)c1.Cl.Cl. The van der Waals surface area contributed by atoms with Gasteiger partial charge in [-0.05, 0) is 30.5 Å². The van der Waals surface area contributed by atoms with Crippen LogP contribution >= 0.6 is 24.8 Å². The van der Waals surface area contributed by atoms with Crippen LogP contribution in [-0.2, 0) is 36.9 Å². The van der Waals surface area contributed by atoms with Crippen LogP contribution in [0.3, 0.4) is 0 Å². The lowest BCUT2D eigenvalue weighted by molar-refractivity contribution is -0.147. The van der Waals surface area contributed by atoms with Crippen LogP contribution in [-0.4, -0.2) is 51.6 Å². The fraction of sp³-hybridized carbons (Fsp3) is 0.357. The largest absolute Gasteiger partial charge is 0.460 e. The zero-order chi connectivity index (χ0) is 27.3. The summed E-state index contributed by atoms with van der Waals surface area (Å²) in [7, 11) is 0. The van der Waals surface area contributed by atoms with Crippen molar-refractivity contribution in [2.45, 2.75) is 57.5 Å². The molecule has 2 aromatic carbocycles. The molecule has 1 aliphatic carbocycles. The van der Waals surface area contributed by atoms with Gasteiger partial charge in [-0.2, -0.15) is 0 Å². The maximum atomic E-state index is 13.2. The fourth-order valence-corrected chi connectivity index (χ4v) is 4.37. The Morgan fingerprint density at radius 1 is 1.10 bits per heavy atom. The highest BCUT2D eigenvalue weighted by molar-refractivity contribution is 5.98. The van der Waals surface area contributed by atoms with Crippen molar-refractivity contribution >= 4 is 48.4 Å². The molecule has 1 aliphatic rings. The van der Waals surface area contributed by atoms with Crippen molar-refractivity contribution in [2.75, 3.05) is 11.9 Å². The summed E-state index contributed by atoms with van der Waals surface area (Å²) in [6, 6.07) is 16.1. The molecule has 3 aromatic rings. The molecule has 0 fully saturated rings. The Hall–Kier alpha value is -3.44. The molecule has 4 rings (SSSR count). The second-order valence-electron chi connectivity index (χ2n) is 9.94. The number of hydrogen-bond acceptors (Lipinski definition) is 7. The molecule has 12 heteroatoms. The first-order valence-corrected chi connectivity index (χ1v) is 12.4. The van der Waals surface area contributed by atoms with E-state index >= 15 is 0 Å². The van der Waals surface area contributed by atoms with Crippen molar-refractivity contribution in [3.05, 3.63) is 83.8 Å². The number of nitrogens with two attached hydrogens (primary N) is 1. The number of nitrogens with zero attached hydrogens (tertiary/aromatic N) is 2. The molecule has 40 heavy (non-hydrogen) atoms. The van der Waals surface area contributed by atoms with Crippen LogP contribution in [0.2, 0.25) is 0 Å². The molecule has 2 amide bonds. The third kappa shape index (κ3) is 8.28. The van der Waals surface area contributed by atoms with Crippen LogP contribution in [0.15, 0.2) is 67.1 Å². The molecule has 10 nitrogen and oxygen atoms in total. The number of aromatic nitrogens is 2. The molecule has 0 aliphatic heterocycles. The van der Waals surface area contributed by atoms with Crippen molar-refractivity contribution in [3.8, 4) is 0 Å². The Labute approximate surface area is 245 Å². The van der Waals surface area contributed by atoms with Gasteiger partial charge in [0.15, 0.2) is 5.82 Å². The highest BCUT2D eigenvalue weighted by Gasteiger charge is 2.36. The Bertz CT molecular complexity index is 1300. The first kappa shape index (κ1) is 32.8. The van der Waals surface area contributed by atoms with E-state index < -0.39 is 29.5 Å². The minimum Gasteiger partial charge on any atom is -0.460 e. The van der Waals surface area contributed by atoms with Crippen molar-refractivity contribution in [3.63, 3.8) is 0 Å². The van der Waals surface area contributed by atoms with Crippen molar-refractivity contribution in [1.82, 2.24) is 14.9 Å². The maximum absolute atomic E-state index is 13.2. The van der Waals surface area contributed by atoms with Crippen LogP contribution in [0.25, 0.3) is 0 Å². The summed E-state index contributed by atoms with van der Waals surface area (Å²) in [6.07, 6.45) is 3.45. The zero-order valence-electron chi connectivity index (χ0n) is 22.5. The molecule has 0 saturated carbocycles. The van der Waals surface area contributed by atoms with Gasteiger partial charge in [0.2, 0.25) is 5.91 Å². The summed E-state index contributed by atoms with van der Waals surface area (Å²) in [6.45, 7) is 4.72. The van der Waals surface area contributed by atoms with Gasteiger partial charge in [-0.25, -0.2) is 4.98 Å². The van der Waals surface area contributed by atoms with Crippen molar-refractivity contribution < 1.29 is 23.9 Å². The van der Waals surface area contributed by atoms with E-state index in [1.165, 1.54) is 6.92 Å². The summed E-state index contributed by atoms with van der Waals surface area (Å²) in [5.41, 5.74) is 7.80. The second kappa shape index (κ2) is 14.3. The lowest BCUT2D eigenvalue weighted by atomic mass is 10.1. The quantitative estimate of drug-likeness (QED) is 0.308. The number of anilines is 1. The molecule has 1 aromatic heterocycles. The molecule has 216 valence electrons. The standard InChI is InChI=1S/C28H33N5O5.2ClH/c1-18(34)38-23-13-20-11-7-8-12-21(20)25(23)33-14-24(30-17-33)32-26(35)22(31-27(36)28(2,3)29)16-37-15-19-9-5-4-6-10-19;;/h4-12,14,17,22-23,25H,13,15-16,29H2,1-3H3,(H,31,36)(H,32,35);2*1H/t22-,23+,25+;;/m1../s1. The van der Waals surface area contributed by atoms with E-state index in [1.54, 1.807) is 26.4 Å². The van der Waals surface area contributed by atoms with Crippen LogP contribution < -0.4 is 16.4 Å². The van der Waals surface area contributed by atoms with Gasteiger partial charge in [0.25, 0.3) is 5.91 Å². The summed E-state index contributed by atoms with van der Waals surface area (Å²) in [5, 5.41) is 5.43. The molecule has 3 atom stereocenters. The molecular weight excluding hydrogens is 557 g/mol. The molecule has 0 spiro atoms. The molecule has 1 heterocycles. The van der Waals surface area contributed by atoms with E-state index in [1.807, 2.05) is 59.2 Å². The zero-order valence-corrected chi connectivity index (χ0v) is 24.2. The predicted molar refractivity (Wildman–Crippen MR) is 155 cm³/mol. The number of carbonyl (C=O) groups is 3. The number of benzene rings is 2. The highest BCUT2D eigenvalue weighted by Crippen LogP contribution is 2.36. The first-order chi connectivity index (χ1) is 18.1. The Morgan fingerprint density at radius 3 is 2.45 bits per heavy atom. The van der Waals surface area contributed by atoms with E-state index in [9.17, 15) is 14.4 Å². The maximum Gasteiger partial charge on any atom is 0.302 e. The number of halogens is 2. The lowest BCUT2D eigenvalue weighted by Gasteiger charge is -2.23. The number of nitrogens with one attached hydrogen (secondary N) is 2. The first-order valence-electron chi connectivity index (χ1n) is 12.4. The summed E-state index contributed by atoms with van der Waals surface area (Å²) >= 11 is 0. The topological polar surface area (TPSA) is 138 Å². The van der Waals surface area contributed by atoms with E-state index in [0.717, 1.165) is 16.7 Å². The fourth-order valence-electron chi connectivity index (χ4n) is 4.37. The van der Waals surface area contributed by atoms with Crippen LogP contribution in [0.5, 0.6) is 0 Å². The highest BCUT2D eigenvalue weighted by atomic mass is 35.5. The third-order valence-corrected chi connectivity index (χ3v) is 6.24. The number of ether oxygens (including phenoxy) is 2. The van der Waals surface area contributed by atoms with Gasteiger partial charge in [0, 0.05) is 19.5 Å². The summed E-state index contributed by atoms with van der Waals surface area (Å²) in [5.74, 6) is -1.06. The molecule has 0 radical (unpaired) electrons. The van der Waals surface area contributed by atoms with E-state index in [4.69, 9.17) is 15.2 Å². The van der Waals surface area contributed by atoms with Crippen LogP contribution in [0.4, 0.5) is 5.82 Å². The predicted octanol–water partition coefficient (Wildman–Crippen LogP) is 3.18. The minimum absolute atomic E-state index is 0. The van der Waals surface area contributed by atoms with E-state index in [2.05, 4.69) is 15.6 Å². The van der Waals surface area contributed by atoms with Crippen molar-refractivity contribution in [1.29, 1.82) is 0 Å². The summed E-state index contributed by atoms with van der Waals surface area (Å²) < 4.78 is 13.2. The monoisotopic (exact) mass is 591 g/mol. The number of hydrogen-bond donors (Lipinski definition) is 3. The average molecular weight is 593 g/mol. The number of imidazole rings is 1. The Kier molecular flexibility index (Phi) is 11.7. The lowest BCUT2D eigenvalue weighted by Crippen LogP contribution is -2.56. The summed E-state index contributed by atoms with van der Waals surface area (Å²) in [4.78, 5) is 41.8. The Balaban J connectivity index is 0.00000280. The van der Waals surface area contributed by atoms with Crippen LogP contribution in [0.1, 0.15) is 43.5 Å². The third-order valence-electron chi connectivity index (χ3n) is 6.24. The number of amides is 2. The number of carbonyl (C=O) groups excluding carboxylic acids is 3. The van der Waals surface area contributed by atoms with E-state index in [-0.39, 0.29) is 55.9 Å². The number of rotatable bonds is 10.